The molecule has 2 aromatic carbocycles. The highest BCUT2D eigenvalue weighted by Gasteiger charge is 2.33. The van der Waals surface area contributed by atoms with Gasteiger partial charge in [0.1, 0.15) is 0 Å². The van der Waals surface area contributed by atoms with Crippen LogP contribution < -0.4 is 14.8 Å². The van der Waals surface area contributed by atoms with Gasteiger partial charge in [-0.05, 0) is 62.4 Å². The number of hydrogen-bond donors (Lipinski definition) is 1. The first-order chi connectivity index (χ1) is 21.1. The molecule has 0 saturated carbocycles. The number of ether oxygens (including phenoxy) is 3. The van der Waals surface area contributed by atoms with E-state index in [4.69, 9.17) is 19.2 Å². The molecule has 3 aromatic rings. The van der Waals surface area contributed by atoms with E-state index in [1.165, 1.54) is 0 Å². The van der Waals surface area contributed by atoms with E-state index in [0.717, 1.165) is 34.5 Å². The number of carbonyl (C=O) groups is 2. The Morgan fingerprint density at radius 1 is 1.11 bits per heavy atom. The van der Waals surface area contributed by atoms with Crippen LogP contribution in [-0.4, -0.2) is 53.9 Å². The molecule has 0 saturated heterocycles. The Balaban J connectivity index is 1.23. The molecule has 0 radical (unpaired) electrons. The number of carbonyl (C=O) groups excluding carboxylic acids is 2. The average molecular weight is 599 g/mol. The number of anilines is 1. The third-order valence-electron chi connectivity index (χ3n) is 8.17. The maximum absolute atomic E-state index is 13.7. The van der Waals surface area contributed by atoms with Crippen LogP contribution in [0, 0.1) is 6.92 Å². The maximum atomic E-state index is 13.7. The Labute approximate surface area is 259 Å². The number of aromatic nitrogens is 1. The third-order valence-corrected chi connectivity index (χ3v) is 8.17. The van der Waals surface area contributed by atoms with Gasteiger partial charge in [-0.15, -0.1) is 0 Å². The van der Waals surface area contributed by atoms with Gasteiger partial charge in [-0.25, -0.2) is 0 Å². The summed E-state index contributed by atoms with van der Waals surface area (Å²) < 4.78 is 19.6. The van der Waals surface area contributed by atoms with E-state index in [2.05, 4.69) is 50.4 Å². The number of aryl methyl sites for hydroxylation is 2. The minimum atomic E-state index is -0.363. The van der Waals surface area contributed by atoms with Gasteiger partial charge in [0.05, 0.1) is 42.3 Å². The van der Waals surface area contributed by atoms with Crippen LogP contribution in [0.2, 0.25) is 0 Å². The summed E-state index contributed by atoms with van der Waals surface area (Å²) in [6, 6.07) is 13.6. The molecule has 0 fully saturated rings. The van der Waals surface area contributed by atoms with Gasteiger partial charge in [0, 0.05) is 56.9 Å². The quantitative estimate of drug-likeness (QED) is 0.232. The van der Waals surface area contributed by atoms with Crippen molar-refractivity contribution < 1.29 is 23.8 Å². The molecule has 9 heteroatoms. The lowest BCUT2D eigenvalue weighted by Crippen LogP contribution is -2.32. The van der Waals surface area contributed by atoms with Crippen molar-refractivity contribution in [3.05, 3.63) is 77.2 Å². The van der Waals surface area contributed by atoms with Gasteiger partial charge >= 0.3 is 0 Å². The Hall–Kier alpha value is -4.37. The summed E-state index contributed by atoms with van der Waals surface area (Å²) in [5.41, 5.74) is 5.74. The summed E-state index contributed by atoms with van der Waals surface area (Å²) in [6.07, 6.45) is 8.12. The molecule has 3 heterocycles. The highest BCUT2D eigenvalue weighted by atomic mass is 16.5. The van der Waals surface area contributed by atoms with Gasteiger partial charge in [0.2, 0.25) is 5.91 Å². The second-order valence-electron chi connectivity index (χ2n) is 11.9. The molecular formula is C35H42N4O5. The minimum absolute atomic E-state index is 0.0722. The molecule has 2 aliphatic rings. The SMILES string of the molecule is CCCOC(C)(C)c1ccc(C2=CN3C(=O)c4cc(OC)c(OCCCC(=O)Nc5cc(C)n(C)c5)cc4N=CC3C2)cc1. The summed E-state index contributed by atoms with van der Waals surface area (Å²) in [6.45, 7) is 9.28. The number of nitrogens with one attached hydrogen (secondary N) is 1. The lowest BCUT2D eigenvalue weighted by molar-refractivity contribution is -0.116. The zero-order chi connectivity index (χ0) is 31.4. The molecule has 1 N–H and O–H groups in total. The highest BCUT2D eigenvalue weighted by Crippen LogP contribution is 2.40. The number of aliphatic imine (C=N–C) groups is 1. The average Bonchev–Trinajstić information content (AvgIpc) is 3.55. The van der Waals surface area contributed by atoms with Gasteiger partial charge in [-0.3, -0.25) is 14.6 Å². The fourth-order valence-electron chi connectivity index (χ4n) is 5.48. The van der Waals surface area contributed by atoms with Crippen molar-refractivity contribution in [3.8, 4) is 11.5 Å². The van der Waals surface area contributed by atoms with Gasteiger partial charge in [0.25, 0.3) is 5.91 Å². The van der Waals surface area contributed by atoms with Gasteiger partial charge in [-0.1, -0.05) is 31.2 Å². The number of hydrogen-bond acceptors (Lipinski definition) is 6. The van der Waals surface area contributed by atoms with Crippen molar-refractivity contribution >= 4 is 35.0 Å². The Morgan fingerprint density at radius 2 is 1.89 bits per heavy atom. The number of rotatable bonds is 12. The van der Waals surface area contributed by atoms with Crippen molar-refractivity contribution in [1.82, 2.24) is 9.47 Å². The van der Waals surface area contributed by atoms with Crippen molar-refractivity contribution in [3.63, 3.8) is 0 Å². The molecule has 0 spiro atoms. The topological polar surface area (TPSA) is 94.4 Å². The Bertz CT molecular complexity index is 1570. The molecule has 232 valence electrons. The molecular weight excluding hydrogens is 556 g/mol. The summed E-state index contributed by atoms with van der Waals surface area (Å²) in [5, 5.41) is 2.91. The molecule has 5 rings (SSSR count). The van der Waals surface area contributed by atoms with Crippen molar-refractivity contribution in [2.75, 3.05) is 25.6 Å². The zero-order valence-electron chi connectivity index (χ0n) is 26.5. The van der Waals surface area contributed by atoms with Crippen LogP contribution in [0.4, 0.5) is 11.4 Å². The first-order valence-electron chi connectivity index (χ1n) is 15.2. The number of amides is 2. The minimum Gasteiger partial charge on any atom is -0.493 e. The zero-order valence-corrected chi connectivity index (χ0v) is 26.5. The van der Waals surface area contributed by atoms with Crippen molar-refractivity contribution in [2.24, 2.45) is 12.0 Å². The lowest BCUT2D eigenvalue weighted by atomic mass is 9.94. The van der Waals surface area contributed by atoms with Crippen LogP contribution in [0.1, 0.15) is 73.6 Å². The van der Waals surface area contributed by atoms with Crippen LogP contribution in [0.3, 0.4) is 0 Å². The van der Waals surface area contributed by atoms with Crippen LogP contribution in [0.15, 0.2) is 59.9 Å². The predicted molar refractivity (Wildman–Crippen MR) is 173 cm³/mol. The second kappa shape index (κ2) is 13.1. The van der Waals surface area contributed by atoms with Crippen LogP contribution in [-0.2, 0) is 22.2 Å². The van der Waals surface area contributed by atoms with E-state index in [0.29, 0.717) is 55.2 Å². The lowest BCUT2D eigenvalue weighted by Gasteiger charge is -2.26. The van der Waals surface area contributed by atoms with Gasteiger partial charge in [0.15, 0.2) is 11.5 Å². The number of nitrogens with zero attached hydrogens (tertiary/aromatic N) is 3. The molecule has 2 amide bonds. The molecule has 0 bridgehead atoms. The molecule has 9 nitrogen and oxygen atoms in total. The first kappa shape index (κ1) is 31.1. The van der Waals surface area contributed by atoms with E-state index in [1.807, 2.05) is 43.2 Å². The molecule has 1 unspecified atom stereocenters. The Morgan fingerprint density at radius 3 is 2.57 bits per heavy atom. The normalized spacial score (nSPS) is 15.9. The van der Waals surface area contributed by atoms with Gasteiger partial charge < -0.3 is 29.0 Å². The van der Waals surface area contributed by atoms with Crippen LogP contribution in [0.25, 0.3) is 5.57 Å². The predicted octanol–water partition coefficient (Wildman–Crippen LogP) is 6.77. The van der Waals surface area contributed by atoms with E-state index in [-0.39, 0.29) is 23.5 Å². The summed E-state index contributed by atoms with van der Waals surface area (Å²) in [7, 11) is 3.48. The van der Waals surface area contributed by atoms with E-state index < -0.39 is 0 Å². The first-order valence-corrected chi connectivity index (χ1v) is 15.2. The standard InChI is InChI=1S/C35H42N4O5/c1-7-14-44-35(3,4)26-12-10-24(11-13-26)25-17-28-20-36-30-19-32(31(42-6)18-29(30)34(41)39(28)21-25)43-15-8-9-33(40)37-27-16-23(2)38(5)22-27/h10-13,16,18-22,28H,7-9,14-15,17H2,1-6H3,(H,37,40). The molecule has 44 heavy (non-hydrogen) atoms. The van der Waals surface area contributed by atoms with E-state index in [9.17, 15) is 9.59 Å². The van der Waals surface area contributed by atoms with Gasteiger partial charge in [-0.2, -0.15) is 0 Å². The summed E-state index contributed by atoms with van der Waals surface area (Å²) >= 11 is 0. The molecule has 2 aliphatic heterocycles. The van der Waals surface area contributed by atoms with Crippen LogP contribution in [0.5, 0.6) is 11.5 Å². The van der Waals surface area contributed by atoms with E-state index in [1.54, 1.807) is 24.1 Å². The fourth-order valence-corrected chi connectivity index (χ4v) is 5.48. The van der Waals surface area contributed by atoms with E-state index >= 15 is 0 Å². The summed E-state index contributed by atoms with van der Waals surface area (Å²) in [5.74, 6) is 0.722. The smallest absolute Gasteiger partial charge is 0.260 e. The fraction of sp³-hybridized carbons (Fsp3) is 0.400. The third kappa shape index (κ3) is 6.73. The van der Waals surface area contributed by atoms with Crippen molar-refractivity contribution in [1.29, 1.82) is 0 Å². The monoisotopic (exact) mass is 598 g/mol. The second-order valence-corrected chi connectivity index (χ2v) is 11.9. The van der Waals surface area contributed by atoms with Crippen molar-refractivity contribution in [2.45, 2.75) is 65.0 Å². The summed E-state index contributed by atoms with van der Waals surface area (Å²) in [4.78, 5) is 32.5. The molecule has 0 aliphatic carbocycles. The Kier molecular flexibility index (Phi) is 9.25. The van der Waals surface area contributed by atoms with Crippen LogP contribution >= 0.6 is 0 Å². The molecule has 1 atom stereocenters. The largest absolute Gasteiger partial charge is 0.493 e. The highest BCUT2D eigenvalue weighted by molar-refractivity contribution is 6.05. The molecule has 1 aromatic heterocycles. The number of benzene rings is 2. The number of methoxy groups -OCH3 is 1. The number of fused-ring (bicyclic) bond motifs is 2. The maximum Gasteiger partial charge on any atom is 0.260 e.